The molecule has 0 atom stereocenters. The topological polar surface area (TPSA) is 91.7 Å². The molecule has 8 nitrogen and oxygen atoms in total. The molecule has 0 aromatic carbocycles. The lowest BCUT2D eigenvalue weighted by molar-refractivity contribution is -0.131. The molecule has 1 rings (SSSR count). The van der Waals surface area contributed by atoms with Crippen LogP contribution in [0, 0.1) is 0 Å². The van der Waals surface area contributed by atoms with E-state index in [1.807, 2.05) is 7.05 Å². The molecule has 0 bridgehead atoms. The van der Waals surface area contributed by atoms with E-state index in [0.29, 0.717) is 11.5 Å². The molecular weight excluding hydrogens is 238 g/mol. The van der Waals surface area contributed by atoms with Crippen LogP contribution >= 0.6 is 0 Å². The van der Waals surface area contributed by atoms with Gasteiger partial charge in [-0.3, -0.25) is 14.6 Å². The van der Waals surface area contributed by atoms with E-state index in [1.54, 1.807) is 37.1 Å². The van der Waals surface area contributed by atoms with E-state index in [9.17, 15) is 4.79 Å². The average Bonchev–Trinajstić information content (AvgIpc) is 2.73. The number of hydrogen-bond donors (Lipinski definition) is 3. The van der Waals surface area contributed by atoms with Crippen LogP contribution in [0.5, 0.6) is 0 Å². The van der Waals surface area contributed by atoms with Crippen LogP contribution in [0.2, 0.25) is 0 Å². The number of hydrogen-bond acceptors (Lipinski definition) is 6. The first-order valence-electron chi connectivity index (χ1n) is 5.26. The molecule has 100 valence electrons. The van der Waals surface area contributed by atoms with Crippen LogP contribution < -0.4 is 10.9 Å². The summed E-state index contributed by atoms with van der Waals surface area (Å²) in [6, 6.07) is 0. The second kappa shape index (κ2) is 6.74. The lowest BCUT2D eigenvalue weighted by atomic mass is 10.3. The fourth-order valence-electron chi connectivity index (χ4n) is 1.31. The lowest BCUT2D eigenvalue weighted by Crippen LogP contribution is -2.38. The van der Waals surface area contributed by atoms with Gasteiger partial charge in [-0.2, -0.15) is 0 Å². The third-order valence-electron chi connectivity index (χ3n) is 2.08. The van der Waals surface area contributed by atoms with Gasteiger partial charge in [0, 0.05) is 20.3 Å². The van der Waals surface area contributed by atoms with Crippen molar-refractivity contribution < 1.29 is 14.7 Å². The Morgan fingerprint density at radius 3 is 2.94 bits per heavy atom. The van der Waals surface area contributed by atoms with Gasteiger partial charge >= 0.3 is 0 Å². The fourth-order valence-corrected chi connectivity index (χ4v) is 1.31. The Bertz CT molecular complexity index is 429. The van der Waals surface area contributed by atoms with Crippen molar-refractivity contribution >= 4 is 11.7 Å². The quantitative estimate of drug-likeness (QED) is 0.363. The number of anilines is 1. The van der Waals surface area contributed by atoms with Crippen molar-refractivity contribution in [3.63, 3.8) is 0 Å². The number of aliphatic hydroxyl groups excluding tert-OH is 1. The Morgan fingerprint density at radius 1 is 1.72 bits per heavy atom. The van der Waals surface area contributed by atoms with Gasteiger partial charge in [-0.05, 0) is 6.92 Å². The minimum absolute atomic E-state index is 0.328. The van der Waals surface area contributed by atoms with Crippen LogP contribution in [0.3, 0.4) is 0 Å². The SMILES string of the molecule is C/C=C(/C(=O)Nc1cn(C)cn1)N(C)NOCO. The molecule has 0 aliphatic heterocycles. The number of hydrazine groups is 1. The van der Waals surface area contributed by atoms with E-state index >= 15 is 0 Å². The van der Waals surface area contributed by atoms with E-state index in [0.717, 1.165) is 0 Å². The fraction of sp³-hybridized carbons (Fsp3) is 0.400. The Morgan fingerprint density at radius 2 is 2.44 bits per heavy atom. The van der Waals surface area contributed by atoms with Crippen LogP contribution in [0.25, 0.3) is 0 Å². The van der Waals surface area contributed by atoms with Gasteiger partial charge in [-0.15, -0.1) is 5.59 Å². The molecule has 8 heteroatoms. The summed E-state index contributed by atoms with van der Waals surface area (Å²) in [5, 5.41) is 12.5. The van der Waals surface area contributed by atoms with Crippen molar-refractivity contribution in [1.82, 2.24) is 20.1 Å². The minimum atomic E-state index is -0.497. The molecule has 1 aromatic rings. The number of aryl methyl sites for hydroxylation is 1. The summed E-state index contributed by atoms with van der Waals surface area (Å²) in [5.41, 5.74) is 2.71. The highest BCUT2D eigenvalue weighted by atomic mass is 16.7. The van der Waals surface area contributed by atoms with E-state index in [-0.39, 0.29) is 5.91 Å². The van der Waals surface area contributed by atoms with Crippen molar-refractivity contribution in [2.45, 2.75) is 6.92 Å². The van der Waals surface area contributed by atoms with Crippen LogP contribution in [-0.2, 0) is 16.7 Å². The number of amides is 1. The van der Waals surface area contributed by atoms with Gasteiger partial charge in [0.25, 0.3) is 5.91 Å². The molecular formula is C10H17N5O3. The third kappa shape index (κ3) is 3.84. The van der Waals surface area contributed by atoms with Crippen LogP contribution in [0.1, 0.15) is 6.92 Å². The molecule has 0 fully saturated rings. The standard InChI is InChI=1S/C10H17N5O3/c1-4-8(15(3)13-18-7-16)10(17)12-9-5-14(2)6-11-9/h4-6,13,16H,7H2,1-3H3,(H,12,17)/b8-4-. The molecule has 1 heterocycles. The molecule has 0 spiro atoms. The highest BCUT2D eigenvalue weighted by Gasteiger charge is 2.14. The molecule has 1 aromatic heterocycles. The summed E-state index contributed by atoms with van der Waals surface area (Å²) < 4.78 is 1.72. The van der Waals surface area contributed by atoms with Crippen LogP contribution in [0.15, 0.2) is 24.3 Å². The molecule has 0 saturated carbocycles. The first-order valence-corrected chi connectivity index (χ1v) is 5.26. The second-order valence-electron chi connectivity index (χ2n) is 3.48. The highest BCUT2D eigenvalue weighted by molar-refractivity contribution is 6.02. The maximum atomic E-state index is 11.9. The number of allylic oxidation sites excluding steroid dienone is 1. The smallest absolute Gasteiger partial charge is 0.274 e. The molecule has 0 radical (unpaired) electrons. The lowest BCUT2D eigenvalue weighted by Gasteiger charge is -2.20. The zero-order valence-electron chi connectivity index (χ0n) is 10.5. The largest absolute Gasteiger partial charge is 0.369 e. The van der Waals surface area contributed by atoms with E-state index in [4.69, 9.17) is 5.11 Å². The number of aromatic nitrogens is 2. The maximum Gasteiger partial charge on any atom is 0.274 e. The maximum absolute atomic E-state index is 11.9. The minimum Gasteiger partial charge on any atom is -0.369 e. The van der Waals surface area contributed by atoms with Gasteiger partial charge in [0.1, 0.15) is 5.70 Å². The number of aliphatic hydroxyl groups is 1. The first kappa shape index (κ1) is 14.2. The Hall–Kier alpha value is -1.90. The summed E-state index contributed by atoms with van der Waals surface area (Å²) in [7, 11) is 3.39. The van der Waals surface area contributed by atoms with Crippen LogP contribution in [-0.4, -0.2) is 39.4 Å². The summed E-state index contributed by atoms with van der Waals surface area (Å²) in [6.07, 6.45) is 4.87. The number of likely N-dealkylation sites (N-methyl/N-ethyl adjacent to an activating group) is 1. The molecule has 18 heavy (non-hydrogen) atoms. The number of carbonyl (C=O) groups excluding carboxylic acids is 1. The zero-order valence-corrected chi connectivity index (χ0v) is 10.5. The van der Waals surface area contributed by atoms with Crippen molar-refractivity contribution in [2.24, 2.45) is 7.05 Å². The zero-order chi connectivity index (χ0) is 13.5. The Kier molecular flexibility index (Phi) is 5.31. The summed E-state index contributed by atoms with van der Waals surface area (Å²) in [4.78, 5) is 20.5. The number of nitrogens with one attached hydrogen (secondary N) is 2. The molecule has 0 saturated heterocycles. The normalized spacial score (nSPS) is 11.4. The summed E-state index contributed by atoms with van der Waals surface area (Å²) >= 11 is 0. The first-order chi connectivity index (χ1) is 8.58. The predicted octanol–water partition coefficient (Wildman–Crippen LogP) is -0.420. The van der Waals surface area contributed by atoms with E-state index < -0.39 is 6.79 Å². The number of imidazole rings is 1. The van der Waals surface area contributed by atoms with Gasteiger partial charge in [0.2, 0.25) is 0 Å². The Labute approximate surface area is 105 Å². The molecule has 0 unspecified atom stereocenters. The third-order valence-corrected chi connectivity index (χ3v) is 2.08. The molecule has 1 amide bonds. The number of rotatable bonds is 6. The van der Waals surface area contributed by atoms with E-state index in [2.05, 4.69) is 20.7 Å². The molecule has 3 N–H and O–H groups in total. The van der Waals surface area contributed by atoms with Gasteiger partial charge in [0.15, 0.2) is 12.6 Å². The summed E-state index contributed by atoms with van der Waals surface area (Å²) in [5.74, 6) is 0.117. The van der Waals surface area contributed by atoms with Crippen molar-refractivity contribution in [1.29, 1.82) is 0 Å². The average molecular weight is 255 g/mol. The van der Waals surface area contributed by atoms with Gasteiger partial charge in [-0.25, -0.2) is 4.98 Å². The van der Waals surface area contributed by atoms with Crippen LogP contribution in [0.4, 0.5) is 5.82 Å². The van der Waals surface area contributed by atoms with Crippen molar-refractivity contribution in [3.05, 3.63) is 24.3 Å². The number of carbonyl (C=O) groups is 1. The van der Waals surface area contributed by atoms with E-state index in [1.165, 1.54) is 5.01 Å². The highest BCUT2D eigenvalue weighted by Crippen LogP contribution is 2.06. The van der Waals surface area contributed by atoms with Gasteiger partial charge in [-0.1, -0.05) is 6.08 Å². The monoisotopic (exact) mass is 255 g/mol. The Balaban J connectivity index is 2.62. The molecule has 0 aliphatic rings. The number of nitrogens with zero attached hydrogens (tertiary/aromatic N) is 3. The predicted molar refractivity (Wildman–Crippen MR) is 64.7 cm³/mol. The van der Waals surface area contributed by atoms with Crippen molar-refractivity contribution in [2.75, 3.05) is 19.2 Å². The van der Waals surface area contributed by atoms with Gasteiger partial charge in [0.05, 0.1) is 6.33 Å². The summed E-state index contributed by atoms with van der Waals surface area (Å²) in [6.45, 7) is 1.22. The second-order valence-corrected chi connectivity index (χ2v) is 3.48. The molecule has 0 aliphatic carbocycles. The van der Waals surface area contributed by atoms with Crippen molar-refractivity contribution in [3.8, 4) is 0 Å². The van der Waals surface area contributed by atoms with Gasteiger partial charge < -0.3 is 15.0 Å².